The Balaban J connectivity index is 1.77. The normalized spacial score (nSPS) is 20.7. The van der Waals surface area contributed by atoms with Crippen molar-refractivity contribution in [3.8, 4) is 0 Å². The lowest BCUT2D eigenvalue weighted by Gasteiger charge is -2.19. The number of H-pyrrole nitrogens is 1. The highest BCUT2D eigenvalue weighted by Gasteiger charge is 2.32. The Morgan fingerprint density at radius 1 is 1.07 bits per heavy atom. The summed E-state index contributed by atoms with van der Waals surface area (Å²) in [7, 11) is 0. The fourth-order valence-electron chi connectivity index (χ4n) is 4.10. The van der Waals surface area contributed by atoms with Crippen molar-refractivity contribution in [2.75, 3.05) is 11.1 Å². The number of hydrogen-bond acceptors (Lipinski definition) is 4. The average Bonchev–Trinajstić information content (AvgIpc) is 2.90. The number of carbonyl (C=O) groups is 2. The summed E-state index contributed by atoms with van der Waals surface area (Å²) in [5.74, 6) is -0.309. The zero-order valence-electron chi connectivity index (χ0n) is 15.4. The number of nitrogens with one attached hydrogen (secondary N) is 2. The molecule has 1 fully saturated rings. The highest BCUT2D eigenvalue weighted by molar-refractivity contribution is 8.00. The summed E-state index contributed by atoms with van der Waals surface area (Å²) in [5.41, 5.74) is 1.36. The number of aromatic carboxylic acids is 1. The molecule has 0 bridgehead atoms. The number of nitrogens with zero attached hydrogens (tertiary/aromatic N) is 1. The van der Waals surface area contributed by atoms with Crippen LogP contribution in [0.15, 0.2) is 29.1 Å². The van der Waals surface area contributed by atoms with Crippen molar-refractivity contribution >= 4 is 29.5 Å². The van der Waals surface area contributed by atoms with Crippen LogP contribution in [0.1, 0.15) is 71.3 Å². The van der Waals surface area contributed by atoms with E-state index in [1.54, 1.807) is 12.1 Å². The van der Waals surface area contributed by atoms with Crippen LogP contribution in [0.5, 0.6) is 0 Å². The third-order valence-corrected chi connectivity index (χ3v) is 6.78. The van der Waals surface area contributed by atoms with Gasteiger partial charge in [-0.25, -0.2) is 4.79 Å². The van der Waals surface area contributed by atoms with Gasteiger partial charge in [0.2, 0.25) is 5.91 Å². The molecular formula is C20H23N3O4S. The predicted molar refractivity (Wildman–Crippen MR) is 108 cm³/mol. The molecule has 0 spiro atoms. The van der Waals surface area contributed by atoms with E-state index in [-0.39, 0.29) is 34.1 Å². The lowest BCUT2D eigenvalue weighted by molar-refractivity contribution is -0.113. The molecule has 28 heavy (non-hydrogen) atoms. The van der Waals surface area contributed by atoms with E-state index < -0.39 is 5.97 Å². The lowest BCUT2D eigenvalue weighted by Crippen LogP contribution is -2.19. The van der Waals surface area contributed by atoms with Crippen molar-refractivity contribution in [2.45, 2.75) is 49.8 Å². The second-order valence-electron chi connectivity index (χ2n) is 7.38. The Morgan fingerprint density at radius 3 is 2.39 bits per heavy atom. The Kier molecular flexibility index (Phi) is 5.30. The number of aromatic amines is 1. The van der Waals surface area contributed by atoms with E-state index in [0.717, 1.165) is 31.2 Å². The minimum Gasteiger partial charge on any atom is -0.478 e. The van der Waals surface area contributed by atoms with Gasteiger partial charge in [0.05, 0.1) is 28.2 Å². The fourth-order valence-corrected chi connectivity index (χ4v) is 5.22. The summed E-state index contributed by atoms with van der Waals surface area (Å²) in [5, 5.41) is 14.7. The van der Waals surface area contributed by atoms with Crippen LogP contribution in [0.3, 0.4) is 0 Å². The van der Waals surface area contributed by atoms with Gasteiger partial charge in [0.15, 0.2) is 0 Å². The molecule has 2 aliphatic rings. The van der Waals surface area contributed by atoms with Crippen LogP contribution in [0.2, 0.25) is 0 Å². The van der Waals surface area contributed by atoms with Gasteiger partial charge in [-0.2, -0.15) is 0 Å². The second kappa shape index (κ2) is 7.87. The first-order chi connectivity index (χ1) is 13.5. The topological polar surface area (TPSA) is 104 Å². The van der Waals surface area contributed by atoms with Crippen LogP contribution in [0, 0.1) is 0 Å². The number of anilines is 1. The van der Waals surface area contributed by atoms with Crippen molar-refractivity contribution in [3.63, 3.8) is 0 Å². The van der Waals surface area contributed by atoms with Gasteiger partial charge >= 0.3 is 5.97 Å². The first-order valence-electron chi connectivity index (χ1n) is 9.63. The smallest absolute Gasteiger partial charge is 0.335 e. The number of carboxylic acids is 1. The Bertz CT molecular complexity index is 939. The number of amides is 1. The van der Waals surface area contributed by atoms with Gasteiger partial charge in [-0.15, -0.1) is 11.8 Å². The van der Waals surface area contributed by atoms with E-state index in [1.807, 2.05) is 4.68 Å². The molecule has 2 aromatic rings. The molecule has 0 saturated heterocycles. The summed E-state index contributed by atoms with van der Waals surface area (Å²) < 4.78 is 1.87. The molecule has 8 heteroatoms. The maximum absolute atomic E-state index is 12.9. The summed E-state index contributed by atoms with van der Waals surface area (Å²) in [6, 6.07) is 6.70. The summed E-state index contributed by atoms with van der Waals surface area (Å²) in [4.78, 5) is 36.4. The number of carboxylic acid groups (broad SMARTS) is 1. The molecule has 1 aromatic carbocycles. The largest absolute Gasteiger partial charge is 0.478 e. The van der Waals surface area contributed by atoms with Gasteiger partial charge in [0, 0.05) is 0 Å². The SMILES string of the molecule is O=C1CSC(c2ccc(C(=O)O)cc2)c2c(n(C3CCCCCC3)[nH]c2=O)N1. The van der Waals surface area contributed by atoms with E-state index in [0.29, 0.717) is 11.4 Å². The Hall–Kier alpha value is -2.48. The summed E-state index contributed by atoms with van der Waals surface area (Å²) in [6.45, 7) is 0. The van der Waals surface area contributed by atoms with E-state index in [2.05, 4.69) is 10.4 Å². The van der Waals surface area contributed by atoms with Crippen molar-refractivity contribution in [2.24, 2.45) is 0 Å². The van der Waals surface area contributed by atoms with E-state index in [4.69, 9.17) is 5.11 Å². The summed E-state index contributed by atoms with van der Waals surface area (Å²) >= 11 is 1.39. The van der Waals surface area contributed by atoms with Crippen LogP contribution in [0.4, 0.5) is 5.82 Å². The number of fused-ring (bicyclic) bond motifs is 1. The number of carbonyl (C=O) groups excluding carboxylic acids is 1. The van der Waals surface area contributed by atoms with Crippen LogP contribution in [-0.2, 0) is 4.79 Å². The quantitative estimate of drug-likeness (QED) is 0.683. The molecule has 2 heterocycles. The van der Waals surface area contributed by atoms with Crippen LogP contribution >= 0.6 is 11.8 Å². The molecule has 1 aliphatic heterocycles. The Morgan fingerprint density at radius 2 is 1.75 bits per heavy atom. The average molecular weight is 401 g/mol. The van der Waals surface area contributed by atoms with Crippen molar-refractivity contribution < 1.29 is 14.7 Å². The molecule has 4 rings (SSSR count). The molecule has 1 atom stereocenters. The molecule has 1 amide bonds. The van der Waals surface area contributed by atoms with Gasteiger partial charge < -0.3 is 10.4 Å². The third kappa shape index (κ3) is 3.61. The highest BCUT2D eigenvalue weighted by Crippen LogP contribution is 2.41. The zero-order chi connectivity index (χ0) is 19.7. The predicted octanol–water partition coefficient (Wildman–Crippen LogP) is 3.54. The fraction of sp³-hybridized carbons (Fsp3) is 0.450. The first kappa shape index (κ1) is 18.9. The number of thioether (sulfide) groups is 1. The molecule has 1 aromatic heterocycles. The van der Waals surface area contributed by atoms with Crippen LogP contribution < -0.4 is 10.9 Å². The second-order valence-corrected chi connectivity index (χ2v) is 8.48. The summed E-state index contributed by atoms with van der Waals surface area (Å²) in [6.07, 6.45) is 6.59. The highest BCUT2D eigenvalue weighted by atomic mass is 32.2. The molecule has 1 saturated carbocycles. The van der Waals surface area contributed by atoms with Crippen molar-refractivity contribution in [1.82, 2.24) is 9.78 Å². The molecular weight excluding hydrogens is 378 g/mol. The standard InChI is InChI=1S/C20H23N3O4S/c24-15-11-28-17(12-7-9-13(10-8-12)20(26)27)16-18(21-15)23(22-19(16)25)14-5-3-1-2-4-6-14/h7-10,14,17H,1-6,11H2,(H,21,24)(H,22,25)(H,26,27). The minimum absolute atomic E-state index is 0.128. The maximum Gasteiger partial charge on any atom is 0.335 e. The number of benzene rings is 1. The Labute approximate surface area is 166 Å². The van der Waals surface area contributed by atoms with Crippen LogP contribution in [-0.4, -0.2) is 32.5 Å². The van der Waals surface area contributed by atoms with Gasteiger partial charge in [-0.1, -0.05) is 37.8 Å². The maximum atomic E-state index is 12.9. The monoisotopic (exact) mass is 401 g/mol. The molecule has 0 radical (unpaired) electrons. The van der Waals surface area contributed by atoms with E-state index in [1.165, 1.54) is 36.7 Å². The third-order valence-electron chi connectivity index (χ3n) is 5.51. The first-order valence-corrected chi connectivity index (χ1v) is 10.7. The van der Waals surface area contributed by atoms with Crippen LogP contribution in [0.25, 0.3) is 0 Å². The van der Waals surface area contributed by atoms with E-state index >= 15 is 0 Å². The molecule has 1 aliphatic carbocycles. The molecule has 3 N–H and O–H groups in total. The van der Waals surface area contributed by atoms with Gasteiger partial charge in [0.1, 0.15) is 5.82 Å². The molecule has 1 unspecified atom stereocenters. The van der Waals surface area contributed by atoms with E-state index in [9.17, 15) is 14.4 Å². The molecule has 7 nitrogen and oxygen atoms in total. The molecule has 148 valence electrons. The van der Waals surface area contributed by atoms with Gasteiger partial charge in [0.25, 0.3) is 5.56 Å². The number of hydrogen-bond donors (Lipinski definition) is 3. The lowest BCUT2D eigenvalue weighted by atomic mass is 10.0. The van der Waals surface area contributed by atoms with Crippen molar-refractivity contribution in [1.29, 1.82) is 0 Å². The van der Waals surface area contributed by atoms with Gasteiger partial charge in [-0.3, -0.25) is 19.4 Å². The minimum atomic E-state index is -0.991. The van der Waals surface area contributed by atoms with Crippen molar-refractivity contribution in [3.05, 3.63) is 51.3 Å². The number of aromatic nitrogens is 2. The zero-order valence-corrected chi connectivity index (χ0v) is 16.3. The number of rotatable bonds is 3. The van der Waals surface area contributed by atoms with Gasteiger partial charge in [-0.05, 0) is 30.5 Å².